The maximum absolute atomic E-state index is 12.2. The molecule has 0 aliphatic heterocycles. The zero-order chi connectivity index (χ0) is 13.7. The van der Waals surface area contributed by atoms with Crippen molar-refractivity contribution in [2.45, 2.75) is 19.5 Å². The van der Waals surface area contributed by atoms with Gasteiger partial charge in [-0.3, -0.25) is 9.59 Å². The molecule has 18 heavy (non-hydrogen) atoms. The van der Waals surface area contributed by atoms with Crippen LogP contribution < -0.4 is 0 Å². The molecule has 0 saturated heterocycles. The highest BCUT2D eigenvalue weighted by Gasteiger charge is 2.20. The number of aromatic nitrogens is 1. The number of carbonyl (C=O) groups excluding carboxylic acids is 1. The van der Waals surface area contributed by atoms with Crippen LogP contribution in [0.25, 0.3) is 0 Å². The monoisotopic (exact) mass is 254 g/mol. The first kappa shape index (κ1) is 14.2. The van der Waals surface area contributed by atoms with Crippen molar-refractivity contribution in [1.29, 1.82) is 0 Å². The number of methoxy groups -OCH3 is 1. The summed E-state index contributed by atoms with van der Waals surface area (Å²) >= 11 is 0. The second-order valence-electron chi connectivity index (χ2n) is 4.14. The maximum atomic E-state index is 12.2. The van der Waals surface area contributed by atoms with Gasteiger partial charge in [0.15, 0.2) is 0 Å². The van der Waals surface area contributed by atoms with Crippen LogP contribution in [0.2, 0.25) is 0 Å². The number of amides is 1. The molecule has 1 aromatic heterocycles. The summed E-state index contributed by atoms with van der Waals surface area (Å²) < 4.78 is 6.41. The van der Waals surface area contributed by atoms with Crippen molar-refractivity contribution in [2.24, 2.45) is 0 Å². The van der Waals surface area contributed by atoms with E-state index in [0.29, 0.717) is 12.3 Å². The summed E-state index contributed by atoms with van der Waals surface area (Å²) in [5.41, 5.74) is 0.364. The van der Waals surface area contributed by atoms with Crippen LogP contribution in [0.4, 0.5) is 0 Å². The van der Waals surface area contributed by atoms with E-state index >= 15 is 0 Å². The van der Waals surface area contributed by atoms with Crippen LogP contribution in [-0.2, 0) is 16.1 Å². The summed E-state index contributed by atoms with van der Waals surface area (Å²) in [6, 6.07) is 3.20. The van der Waals surface area contributed by atoms with Gasteiger partial charge in [-0.1, -0.05) is 0 Å². The van der Waals surface area contributed by atoms with Crippen molar-refractivity contribution in [3.63, 3.8) is 0 Å². The van der Waals surface area contributed by atoms with Gasteiger partial charge >= 0.3 is 5.97 Å². The molecule has 1 unspecified atom stereocenters. The zero-order valence-electron chi connectivity index (χ0n) is 10.8. The van der Waals surface area contributed by atoms with Gasteiger partial charge in [0.2, 0.25) is 0 Å². The Kier molecular flexibility index (Phi) is 4.91. The number of hydrogen-bond donors (Lipinski definition) is 1. The molecular weight excluding hydrogens is 236 g/mol. The first-order valence-corrected chi connectivity index (χ1v) is 5.60. The third-order valence-electron chi connectivity index (χ3n) is 2.74. The van der Waals surface area contributed by atoms with Gasteiger partial charge in [-0.25, -0.2) is 0 Å². The van der Waals surface area contributed by atoms with Gasteiger partial charge < -0.3 is 19.3 Å². The molecule has 6 heteroatoms. The van der Waals surface area contributed by atoms with Gasteiger partial charge in [0, 0.05) is 20.4 Å². The van der Waals surface area contributed by atoms with Gasteiger partial charge in [0.05, 0.1) is 12.6 Å². The number of aliphatic carboxylic acids is 1. The molecular formula is C12H18N2O4. The van der Waals surface area contributed by atoms with Crippen LogP contribution in [0.15, 0.2) is 18.3 Å². The summed E-state index contributed by atoms with van der Waals surface area (Å²) in [5.74, 6) is -1.20. The van der Waals surface area contributed by atoms with Crippen LogP contribution in [0.1, 0.15) is 17.4 Å². The molecule has 1 atom stereocenters. The fourth-order valence-corrected chi connectivity index (χ4v) is 1.63. The topological polar surface area (TPSA) is 71.8 Å². The fourth-order valence-electron chi connectivity index (χ4n) is 1.63. The quantitative estimate of drug-likeness (QED) is 0.810. The van der Waals surface area contributed by atoms with E-state index in [0.717, 1.165) is 0 Å². The van der Waals surface area contributed by atoms with E-state index < -0.39 is 5.97 Å². The van der Waals surface area contributed by atoms with Crippen LogP contribution in [0.3, 0.4) is 0 Å². The van der Waals surface area contributed by atoms with Gasteiger partial charge in [0.25, 0.3) is 5.91 Å². The van der Waals surface area contributed by atoms with Crippen molar-refractivity contribution in [2.75, 3.05) is 20.8 Å². The van der Waals surface area contributed by atoms with Crippen molar-refractivity contribution in [3.05, 3.63) is 24.0 Å². The lowest BCUT2D eigenvalue weighted by Crippen LogP contribution is -2.38. The Balaban J connectivity index is 2.83. The van der Waals surface area contributed by atoms with E-state index in [9.17, 15) is 9.59 Å². The van der Waals surface area contributed by atoms with Gasteiger partial charge in [0.1, 0.15) is 12.2 Å². The molecule has 0 bridgehead atoms. The largest absolute Gasteiger partial charge is 0.480 e. The molecule has 0 aliphatic carbocycles. The lowest BCUT2D eigenvalue weighted by Gasteiger charge is -2.24. The third kappa shape index (κ3) is 3.33. The number of carbonyl (C=O) groups is 2. The Morgan fingerprint density at radius 3 is 2.78 bits per heavy atom. The Labute approximate surface area is 106 Å². The molecule has 6 nitrogen and oxygen atoms in total. The Morgan fingerprint density at radius 2 is 2.22 bits per heavy atom. The van der Waals surface area contributed by atoms with Crippen LogP contribution in [0.5, 0.6) is 0 Å². The lowest BCUT2D eigenvalue weighted by atomic mass is 10.3. The van der Waals surface area contributed by atoms with Crippen LogP contribution in [0, 0.1) is 0 Å². The Bertz CT molecular complexity index is 427. The molecule has 1 heterocycles. The van der Waals surface area contributed by atoms with E-state index in [2.05, 4.69) is 0 Å². The molecule has 0 saturated carbocycles. The van der Waals surface area contributed by atoms with Gasteiger partial charge in [-0.05, 0) is 19.1 Å². The predicted molar refractivity (Wildman–Crippen MR) is 65.5 cm³/mol. The summed E-state index contributed by atoms with van der Waals surface area (Å²) in [5, 5.41) is 8.76. The summed E-state index contributed by atoms with van der Waals surface area (Å²) in [6.07, 6.45) is 1.58. The van der Waals surface area contributed by atoms with Crippen LogP contribution in [-0.4, -0.2) is 53.3 Å². The molecule has 1 rings (SSSR count). The second-order valence-corrected chi connectivity index (χ2v) is 4.14. The smallest absolute Gasteiger partial charge is 0.323 e. The summed E-state index contributed by atoms with van der Waals surface area (Å²) in [7, 11) is 3.24. The third-order valence-corrected chi connectivity index (χ3v) is 2.74. The lowest BCUT2D eigenvalue weighted by molar-refractivity contribution is -0.137. The number of carboxylic acids is 1. The van der Waals surface area contributed by atoms with Crippen molar-refractivity contribution in [3.8, 4) is 0 Å². The van der Waals surface area contributed by atoms with E-state index in [4.69, 9.17) is 9.84 Å². The van der Waals surface area contributed by atoms with Crippen molar-refractivity contribution < 1.29 is 19.4 Å². The average molecular weight is 254 g/mol. The number of ether oxygens (including phenoxy) is 1. The summed E-state index contributed by atoms with van der Waals surface area (Å²) in [6.45, 7) is 2.08. The van der Waals surface area contributed by atoms with Gasteiger partial charge in [-0.15, -0.1) is 0 Å². The van der Waals surface area contributed by atoms with Crippen molar-refractivity contribution >= 4 is 11.9 Å². The SMILES string of the molecule is COCC(C)N(C)C(=O)c1cccn1CC(=O)O. The number of nitrogens with zero attached hydrogens (tertiary/aromatic N) is 2. The highest BCUT2D eigenvalue weighted by atomic mass is 16.5. The fraction of sp³-hybridized carbons (Fsp3) is 0.500. The van der Waals surface area contributed by atoms with E-state index in [1.54, 1.807) is 32.5 Å². The normalized spacial score (nSPS) is 12.2. The molecule has 100 valence electrons. The summed E-state index contributed by atoms with van der Waals surface area (Å²) in [4.78, 5) is 24.4. The minimum atomic E-state index is -0.979. The standard InChI is InChI=1S/C12H18N2O4/c1-9(8-18-3)13(2)12(17)10-5-4-6-14(10)7-11(15)16/h4-6,9H,7-8H2,1-3H3,(H,15,16). The van der Waals surface area contributed by atoms with E-state index in [-0.39, 0.29) is 18.5 Å². The number of hydrogen-bond acceptors (Lipinski definition) is 3. The number of rotatable bonds is 6. The molecule has 0 radical (unpaired) electrons. The van der Waals surface area contributed by atoms with Gasteiger partial charge in [-0.2, -0.15) is 0 Å². The molecule has 0 fully saturated rings. The molecule has 0 aromatic carbocycles. The Morgan fingerprint density at radius 1 is 1.56 bits per heavy atom. The van der Waals surface area contributed by atoms with Crippen molar-refractivity contribution in [1.82, 2.24) is 9.47 Å². The molecule has 1 N–H and O–H groups in total. The predicted octanol–water partition coefficient (Wildman–Crippen LogP) is 0.680. The second kappa shape index (κ2) is 6.20. The zero-order valence-corrected chi connectivity index (χ0v) is 10.8. The first-order valence-electron chi connectivity index (χ1n) is 5.60. The average Bonchev–Trinajstić information content (AvgIpc) is 2.74. The highest BCUT2D eigenvalue weighted by molar-refractivity contribution is 5.93. The minimum absolute atomic E-state index is 0.0734. The highest BCUT2D eigenvalue weighted by Crippen LogP contribution is 2.08. The number of carboxylic acid groups (broad SMARTS) is 1. The maximum Gasteiger partial charge on any atom is 0.323 e. The molecule has 0 aliphatic rings. The minimum Gasteiger partial charge on any atom is -0.480 e. The Hall–Kier alpha value is -1.82. The first-order chi connectivity index (χ1) is 8.47. The molecule has 1 aromatic rings. The van der Waals surface area contributed by atoms with Crippen LogP contribution >= 0.6 is 0 Å². The number of likely N-dealkylation sites (N-methyl/N-ethyl adjacent to an activating group) is 1. The van der Waals surface area contributed by atoms with E-state index in [1.165, 1.54) is 9.47 Å². The molecule has 1 amide bonds. The molecule has 0 spiro atoms. The van der Waals surface area contributed by atoms with E-state index in [1.807, 2.05) is 6.92 Å².